The Bertz CT molecular complexity index is 218. The smallest absolute Gasteiger partial charge is 0.0245 e. The molecular weight excluding hydrogens is 200 g/mol. The average molecular weight is 212 g/mol. The topological polar surface area (TPSA) is 0 Å². The van der Waals surface area contributed by atoms with Gasteiger partial charge in [-0.05, 0) is 30.0 Å². The van der Waals surface area contributed by atoms with Crippen LogP contribution in [0.3, 0.4) is 0 Å². The van der Waals surface area contributed by atoms with E-state index >= 15 is 0 Å². The molecule has 0 bridgehead atoms. The van der Waals surface area contributed by atoms with Crippen LogP contribution in [0.4, 0.5) is 0 Å². The minimum absolute atomic E-state index is 1.05. The minimum atomic E-state index is 1.05. The van der Waals surface area contributed by atoms with E-state index in [1.54, 1.807) is 0 Å². The van der Waals surface area contributed by atoms with Crippen LogP contribution in [-0.4, -0.2) is 0 Å². The highest BCUT2D eigenvalue weighted by Gasteiger charge is 2.00. The third-order valence-corrected chi connectivity index (χ3v) is 2.81. The first kappa shape index (κ1) is 8.79. The van der Waals surface area contributed by atoms with Crippen molar-refractivity contribution < 1.29 is 0 Å². The van der Waals surface area contributed by atoms with Crippen molar-refractivity contribution in [3.63, 3.8) is 0 Å². The highest BCUT2D eigenvalue weighted by Crippen LogP contribution is 2.21. The molecule has 0 aromatic heterocycles. The molecule has 0 fully saturated rings. The molecule has 59 valence electrons. The monoisotopic (exact) mass is 211 g/mol. The van der Waals surface area contributed by atoms with E-state index in [9.17, 15) is 0 Å². The van der Waals surface area contributed by atoms with Crippen molar-refractivity contribution in [3.05, 3.63) is 33.8 Å². The predicted molar refractivity (Wildman–Crippen MR) is 51.7 cm³/mol. The summed E-state index contributed by atoms with van der Waals surface area (Å²) in [7, 11) is 0. The molecule has 0 unspecified atom stereocenters. The summed E-state index contributed by atoms with van der Waals surface area (Å²) < 4.78 is 1.24. The number of rotatable bonds is 2. The maximum atomic E-state index is 3.57. The molecule has 0 aliphatic heterocycles. The molecule has 0 nitrogen and oxygen atoms in total. The molecule has 0 spiro atoms. The fraction of sp³-hybridized carbons (Fsp3) is 0.400. The summed E-state index contributed by atoms with van der Waals surface area (Å²) >= 11 is 3.57. The van der Waals surface area contributed by atoms with Crippen molar-refractivity contribution in [3.8, 4) is 0 Å². The highest BCUT2D eigenvalue weighted by atomic mass is 79.9. The summed E-state index contributed by atoms with van der Waals surface area (Å²) in [5, 5.41) is 0. The Labute approximate surface area is 76.8 Å². The maximum absolute atomic E-state index is 3.57. The molecule has 0 atom stereocenters. The third-order valence-electron chi connectivity index (χ3n) is 1.82. The molecular formula is C10H12Br. The van der Waals surface area contributed by atoms with Crippen LogP contribution in [0.15, 0.2) is 16.6 Å². The molecule has 1 rings (SSSR count). The van der Waals surface area contributed by atoms with Gasteiger partial charge < -0.3 is 0 Å². The Morgan fingerprint density at radius 1 is 1.36 bits per heavy atom. The molecule has 1 aromatic carbocycles. The van der Waals surface area contributed by atoms with Gasteiger partial charge in [0, 0.05) is 4.47 Å². The second kappa shape index (κ2) is 3.91. The Morgan fingerprint density at radius 2 is 2.09 bits per heavy atom. The van der Waals surface area contributed by atoms with Crippen LogP contribution in [0.5, 0.6) is 0 Å². The van der Waals surface area contributed by atoms with Gasteiger partial charge in [0.05, 0.1) is 0 Å². The predicted octanol–water partition coefficient (Wildman–Crippen LogP) is 3.37. The van der Waals surface area contributed by atoms with Crippen LogP contribution in [0.25, 0.3) is 0 Å². The molecule has 0 aliphatic rings. The van der Waals surface area contributed by atoms with Crippen LogP contribution < -0.4 is 0 Å². The molecule has 0 saturated heterocycles. The van der Waals surface area contributed by atoms with E-state index in [0.29, 0.717) is 0 Å². The van der Waals surface area contributed by atoms with Crippen molar-refractivity contribution in [1.82, 2.24) is 0 Å². The van der Waals surface area contributed by atoms with E-state index in [4.69, 9.17) is 0 Å². The molecule has 0 heterocycles. The number of hydrogen-bond donors (Lipinski definition) is 0. The van der Waals surface area contributed by atoms with Gasteiger partial charge in [-0.3, -0.25) is 0 Å². The molecule has 1 radical (unpaired) electrons. The van der Waals surface area contributed by atoms with Crippen LogP contribution in [0.2, 0.25) is 0 Å². The molecule has 0 aliphatic carbocycles. The lowest BCUT2D eigenvalue weighted by Gasteiger charge is -2.04. The fourth-order valence-corrected chi connectivity index (χ4v) is 1.91. The number of halogens is 1. The van der Waals surface area contributed by atoms with Gasteiger partial charge in [-0.1, -0.05) is 41.9 Å². The molecule has 0 saturated carbocycles. The summed E-state index contributed by atoms with van der Waals surface area (Å²) in [4.78, 5) is 0. The van der Waals surface area contributed by atoms with E-state index in [-0.39, 0.29) is 0 Å². The molecule has 0 N–H and O–H groups in total. The Morgan fingerprint density at radius 3 is 2.64 bits per heavy atom. The number of aryl methyl sites for hydroxylation is 2. The summed E-state index contributed by atoms with van der Waals surface area (Å²) in [5.41, 5.74) is 2.66. The molecule has 1 aromatic rings. The van der Waals surface area contributed by atoms with Crippen molar-refractivity contribution >= 4 is 15.9 Å². The lowest BCUT2D eigenvalue weighted by Crippen LogP contribution is -1.88. The van der Waals surface area contributed by atoms with Gasteiger partial charge in [-0.2, -0.15) is 0 Å². The Hall–Kier alpha value is -0.300. The quantitative estimate of drug-likeness (QED) is 0.704. The fourth-order valence-electron chi connectivity index (χ4n) is 1.10. The van der Waals surface area contributed by atoms with Crippen molar-refractivity contribution in [1.29, 1.82) is 0 Å². The lowest BCUT2D eigenvalue weighted by atomic mass is 10.1. The molecule has 0 amide bonds. The Balaban J connectivity index is 3.10. The van der Waals surface area contributed by atoms with Crippen LogP contribution in [0, 0.1) is 6.07 Å². The summed E-state index contributed by atoms with van der Waals surface area (Å²) in [6, 6.07) is 7.33. The van der Waals surface area contributed by atoms with E-state index in [1.165, 1.54) is 15.6 Å². The first-order valence-corrected chi connectivity index (χ1v) is 4.76. The second-order valence-electron chi connectivity index (χ2n) is 2.50. The first-order chi connectivity index (χ1) is 5.29. The van der Waals surface area contributed by atoms with Crippen molar-refractivity contribution in [2.24, 2.45) is 0 Å². The van der Waals surface area contributed by atoms with E-state index < -0.39 is 0 Å². The zero-order valence-corrected chi connectivity index (χ0v) is 8.53. The zero-order chi connectivity index (χ0) is 8.27. The average Bonchev–Trinajstić information content (AvgIpc) is 2.05. The molecule has 11 heavy (non-hydrogen) atoms. The third kappa shape index (κ3) is 1.84. The molecule has 1 heteroatoms. The standard InChI is InChI=1S/C10H12Br/c1-3-8-6-5-7-9(4-2)10(8)11/h5-6H,3-4H2,1-2H3. The number of hydrogen-bond acceptors (Lipinski definition) is 0. The van der Waals surface area contributed by atoms with Gasteiger partial charge in [0.25, 0.3) is 0 Å². The SMILES string of the molecule is CCc1[c]ccc(CC)c1Br. The Kier molecular flexibility index (Phi) is 3.13. The van der Waals surface area contributed by atoms with Crippen LogP contribution >= 0.6 is 15.9 Å². The highest BCUT2D eigenvalue weighted by molar-refractivity contribution is 9.10. The second-order valence-corrected chi connectivity index (χ2v) is 3.30. The normalized spacial score (nSPS) is 10.1. The van der Waals surface area contributed by atoms with Gasteiger partial charge in [-0.25, -0.2) is 0 Å². The van der Waals surface area contributed by atoms with Crippen molar-refractivity contribution in [2.75, 3.05) is 0 Å². The van der Waals surface area contributed by atoms with E-state index in [0.717, 1.165) is 12.8 Å². The van der Waals surface area contributed by atoms with Crippen LogP contribution in [-0.2, 0) is 12.8 Å². The van der Waals surface area contributed by atoms with E-state index in [1.807, 2.05) is 6.07 Å². The maximum Gasteiger partial charge on any atom is 0.0245 e. The zero-order valence-electron chi connectivity index (χ0n) is 6.95. The van der Waals surface area contributed by atoms with Gasteiger partial charge in [0.2, 0.25) is 0 Å². The summed E-state index contributed by atoms with van der Waals surface area (Å²) in [6.45, 7) is 4.32. The van der Waals surface area contributed by atoms with Gasteiger partial charge in [0.15, 0.2) is 0 Å². The van der Waals surface area contributed by atoms with Gasteiger partial charge in [0.1, 0.15) is 0 Å². The minimum Gasteiger partial charge on any atom is -0.0613 e. The van der Waals surface area contributed by atoms with Crippen LogP contribution in [0.1, 0.15) is 25.0 Å². The summed E-state index contributed by atoms with van der Waals surface area (Å²) in [5.74, 6) is 0. The van der Waals surface area contributed by atoms with Crippen molar-refractivity contribution in [2.45, 2.75) is 26.7 Å². The van der Waals surface area contributed by atoms with Gasteiger partial charge >= 0.3 is 0 Å². The summed E-state index contributed by atoms with van der Waals surface area (Å²) in [6.07, 6.45) is 2.14. The lowest BCUT2D eigenvalue weighted by molar-refractivity contribution is 1.06. The van der Waals surface area contributed by atoms with Gasteiger partial charge in [-0.15, -0.1) is 0 Å². The first-order valence-electron chi connectivity index (χ1n) is 3.97. The van der Waals surface area contributed by atoms with E-state index in [2.05, 4.69) is 41.9 Å². The largest absolute Gasteiger partial charge is 0.0613 e. The number of benzene rings is 1.